The lowest BCUT2D eigenvalue weighted by molar-refractivity contribution is -0.117. The molecule has 1 aliphatic carbocycles. The third-order valence-corrected chi connectivity index (χ3v) is 4.53. The van der Waals surface area contributed by atoms with Crippen LogP contribution in [0.2, 0.25) is 0 Å². The topological polar surface area (TPSA) is 29.1 Å². The first-order valence-electron chi connectivity index (χ1n) is 5.98. The standard InChI is InChI=1S/C13H16BrNOS/c14-12-8-6-11(17-12)7-9-13(16)15-10-4-2-1-3-5-10/h6-10H,1-5H2,(H,15,16)/b9-7-. The zero-order valence-electron chi connectivity index (χ0n) is 9.62. The van der Waals surface area contributed by atoms with Crippen LogP contribution >= 0.6 is 27.3 Å². The van der Waals surface area contributed by atoms with E-state index in [9.17, 15) is 4.79 Å². The van der Waals surface area contributed by atoms with Gasteiger partial charge in [0.2, 0.25) is 5.91 Å². The van der Waals surface area contributed by atoms with Gasteiger partial charge in [0.25, 0.3) is 0 Å². The van der Waals surface area contributed by atoms with E-state index < -0.39 is 0 Å². The minimum absolute atomic E-state index is 0.0291. The first-order chi connectivity index (χ1) is 8.24. The average molecular weight is 314 g/mol. The minimum Gasteiger partial charge on any atom is -0.350 e. The van der Waals surface area contributed by atoms with Crippen LogP contribution < -0.4 is 5.32 Å². The first kappa shape index (κ1) is 12.8. The Hall–Kier alpha value is -0.610. The van der Waals surface area contributed by atoms with E-state index >= 15 is 0 Å². The minimum atomic E-state index is 0.0291. The van der Waals surface area contributed by atoms with Crippen LogP contribution in [0.4, 0.5) is 0 Å². The van der Waals surface area contributed by atoms with Crippen molar-refractivity contribution < 1.29 is 4.79 Å². The maximum absolute atomic E-state index is 11.7. The van der Waals surface area contributed by atoms with Gasteiger partial charge < -0.3 is 5.32 Å². The van der Waals surface area contributed by atoms with Crippen molar-refractivity contribution in [3.63, 3.8) is 0 Å². The molecule has 1 heterocycles. The molecular weight excluding hydrogens is 298 g/mol. The molecule has 2 rings (SSSR count). The fraction of sp³-hybridized carbons (Fsp3) is 0.462. The maximum atomic E-state index is 11.7. The highest BCUT2D eigenvalue weighted by Gasteiger charge is 2.13. The number of rotatable bonds is 3. The number of amides is 1. The molecule has 1 aromatic rings. The summed E-state index contributed by atoms with van der Waals surface area (Å²) in [5, 5.41) is 3.06. The summed E-state index contributed by atoms with van der Waals surface area (Å²) in [6.45, 7) is 0. The Bertz CT molecular complexity index is 407. The second kappa shape index (κ2) is 6.36. The van der Waals surface area contributed by atoms with E-state index in [1.807, 2.05) is 18.2 Å². The lowest BCUT2D eigenvalue weighted by Crippen LogP contribution is -2.34. The lowest BCUT2D eigenvalue weighted by atomic mass is 9.95. The summed E-state index contributed by atoms with van der Waals surface area (Å²) in [6.07, 6.45) is 9.55. The summed E-state index contributed by atoms with van der Waals surface area (Å²) in [6, 6.07) is 4.37. The Balaban J connectivity index is 1.82. The molecule has 17 heavy (non-hydrogen) atoms. The molecule has 1 saturated carbocycles. The number of carbonyl (C=O) groups excluding carboxylic acids is 1. The van der Waals surface area contributed by atoms with Gasteiger partial charge in [-0.1, -0.05) is 19.3 Å². The van der Waals surface area contributed by atoms with Crippen molar-refractivity contribution in [1.29, 1.82) is 0 Å². The zero-order valence-corrected chi connectivity index (χ0v) is 12.0. The Labute approximate surface area is 114 Å². The van der Waals surface area contributed by atoms with Crippen molar-refractivity contribution in [2.75, 3.05) is 0 Å². The first-order valence-corrected chi connectivity index (χ1v) is 7.59. The molecule has 1 aliphatic rings. The van der Waals surface area contributed by atoms with E-state index in [0.717, 1.165) is 21.5 Å². The highest BCUT2D eigenvalue weighted by molar-refractivity contribution is 9.11. The normalized spacial score (nSPS) is 17.5. The van der Waals surface area contributed by atoms with E-state index in [0.29, 0.717) is 6.04 Å². The van der Waals surface area contributed by atoms with Crippen molar-refractivity contribution in [1.82, 2.24) is 5.32 Å². The quantitative estimate of drug-likeness (QED) is 0.840. The lowest BCUT2D eigenvalue weighted by Gasteiger charge is -2.21. The van der Waals surface area contributed by atoms with Gasteiger partial charge in [-0.25, -0.2) is 0 Å². The average Bonchev–Trinajstić information content (AvgIpc) is 2.74. The van der Waals surface area contributed by atoms with Crippen LogP contribution in [0.5, 0.6) is 0 Å². The smallest absolute Gasteiger partial charge is 0.244 e. The van der Waals surface area contributed by atoms with Gasteiger partial charge in [-0.2, -0.15) is 0 Å². The number of halogens is 1. The van der Waals surface area contributed by atoms with Gasteiger partial charge in [0.15, 0.2) is 0 Å². The van der Waals surface area contributed by atoms with Gasteiger partial charge in [-0.05, 0) is 47.0 Å². The van der Waals surface area contributed by atoms with Gasteiger partial charge in [-0.3, -0.25) is 4.79 Å². The highest BCUT2D eigenvalue weighted by atomic mass is 79.9. The maximum Gasteiger partial charge on any atom is 0.244 e. The number of hydrogen-bond donors (Lipinski definition) is 1. The Kier molecular flexibility index (Phi) is 4.80. The van der Waals surface area contributed by atoms with E-state index in [1.165, 1.54) is 19.3 Å². The highest BCUT2D eigenvalue weighted by Crippen LogP contribution is 2.23. The second-order valence-corrected chi connectivity index (χ2v) is 6.81. The fourth-order valence-electron chi connectivity index (χ4n) is 2.07. The van der Waals surface area contributed by atoms with Gasteiger partial charge >= 0.3 is 0 Å². The summed E-state index contributed by atoms with van der Waals surface area (Å²) in [5.41, 5.74) is 0. The predicted molar refractivity (Wildman–Crippen MR) is 76.1 cm³/mol. The molecule has 1 fully saturated rings. The summed E-state index contributed by atoms with van der Waals surface area (Å²) in [7, 11) is 0. The largest absolute Gasteiger partial charge is 0.350 e. The Morgan fingerprint density at radius 1 is 1.35 bits per heavy atom. The molecule has 0 atom stereocenters. The third kappa shape index (κ3) is 4.28. The van der Waals surface area contributed by atoms with E-state index in [2.05, 4.69) is 21.2 Å². The van der Waals surface area contributed by atoms with Crippen LogP contribution in [-0.4, -0.2) is 11.9 Å². The molecule has 0 saturated heterocycles. The molecular formula is C13H16BrNOS. The number of carbonyl (C=O) groups is 1. The van der Waals surface area contributed by atoms with Crippen molar-refractivity contribution in [3.05, 3.63) is 26.9 Å². The predicted octanol–water partition coefficient (Wildman–Crippen LogP) is 3.97. The summed E-state index contributed by atoms with van der Waals surface area (Å²) in [5.74, 6) is 0.0291. The van der Waals surface area contributed by atoms with Crippen molar-refractivity contribution in [2.24, 2.45) is 0 Å². The molecule has 92 valence electrons. The van der Waals surface area contributed by atoms with Gasteiger partial charge in [0, 0.05) is 17.0 Å². The van der Waals surface area contributed by atoms with Gasteiger partial charge in [0.1, 0.15) is 0 Å². The van der Waals surface area contributed by atoms with Crippen LogP contribution in [0.15, 0.2) is 22.0 Å². The molecule has 0 spiro atoms. The van der Waals surface area contributed by atoms with Crippen LogP contribution in [0.25, 0.3) is 6.08 Å². The van der Waals surface area contributed by atoms with E-state index in [4.69, 9.17) is 0 Å². The van der Waals surface area contributed by atoms with Gasteiger partial charge in [-0.15, -0.1) is 11.3 Å². The zero-order chi connectivity index (χ0) is 12.1. The molecule has 1 amide bonds. The molecule has 0 radical (unpaired) electrons. The van der Waals surface area contributed by atoms with Crippen LogP contribution in [0.1, 0.15) is 37.0 Å². The SMILES string of the molecule is O=C(/C=C\c1ccc(Br)s1)NC1CCCCC1. The monoisotopic (exact) mass is 313 g/mol. The van der Waals surface area contributed by atoms with Crippen molar-refractivity contribution in [2.45, 2.75) is 38.1 Å². The molecule has 0 unspecified atom stereocenters. The molecule has 0 bridgehead atoms. The Morgan fingerprint density at radius 3 is 2.76 bits per heavy atom. The van der Waals surface area contributed by atoms with E-state index in [1.54, 1.807) is 17.4 Å². The van der Waals surface area contributed by atoms with Crippen LogP contribution in [0.3, 0.4) is 0 Å². The van der Waals surface area contributed by atoms with Crippen molar-refractivity contribution >= 4 is 39.2 Å². The molecule has 1 N–H and O–H groups in total. The third-order valence-electron chi connectivity index (χ3n) is 2.94. The molecule has 1 aromatic heterocycles. The number of thiophene rings is 1. The fourth-order valence-corrected chi connectivity index (χ4v) is 3.40. The summed E-state index contributed by atoms with van der Waals surface area (Å²) in [4.78, 5) is 12.8. The number of nitrogens with one attached hydrogen (secondary N) is 1. The molecule has 2 nitrogen and oxygen atoms in total. The van der Waals surface area contributed by atoms with E-state index in [-0.39, 0.29) is 5.91 Å². The van der Waals surface area contributed by atoms with Crippen LogP contribution in [0, 0.1) is 0 Å². The second-order valence-electron chi connectivity index (χ2n) is 4.32. The molecule has 0 aliphatic heterocycles. The van der Waals surface area contributed by atoms with Gasteiger partial charge in [0.05, 0.1) is 3.79 Å². The summed E-state index contributed by atoms with van der Waals surface area (Å²) < 4.78 is 1.09. The van der Waals surface area contributed by atoms with Crippen molar-refractivity contribution in [3.8, 4) is 0 Å². The Morgan fingerprint density at radius 2 is 2.12 bits per heavy atom. The molecule has 4 heteroatoms. The molecule has 0 aromatic carbocycles. The number of hydrogen-bond acceptors (Lipinski definition) is 2. The van der Waals surface area contributed by atoms with Crippen LogP contribution in [-0.2, 0) is 4.79 Å². The summed E-state index contributed by atoms with van der Waals surface area (Å²) >= 11 is 5.03.